The molecule has 2 aliphatic rings. The molecule has 7 nitrogen and oxygen atoms in total. The standard InChI is InChI=1S/C19H23N3O4/c1-12-18(13(2)26-21-12)19(23)22-9-15-14(11-25-16(15)10-22)6-8-24-17-5-3-4-7-20-17/h3-5,7,14-16H,6,8-11H2,1-2H3/t14-,15-,16-/m0/s1. The lowest BCUT2D eigenvalue weighted by atomic mass is 9.91. The normalized spacial score (nSPS) is 24.7. The van der Waals surface area contributed by atoms with E-state index in [2.05, 4.69) is 10.1 Å². The van der Waals surface area contributed by atoms with E-state index in [9.17, 15) is 4.79 Å². The Bertz CT molecular complexity index is 757. The summed E-state index contributed by atoms with van der Waals surface area (Å²) >= 11 is 0. The number of hydrogen-bond acceptors (Lipinski definition) is 6. The molecular weight excluding hydrogens is 334 g/mol. The molecule has 138 valence electrons. The smallest absolute Gasteiger partial charge is 0.259 e. The Morgan fingerprint density at radius 1 is 1.35 bits per heavy atom. The number of nitrogens with zero attached hydrogens (tertiary/aromatic N) is 3. The first-order valence-electron chi connectivity index (χ1n) is 9.01. The molecule has 0 unspecified atom stereocenters. The lowest BCUT2D eigenvalue weighted by molar-refractivity contribution is 0.0670. The van der Waals surface area contributed by atoms with Crippen LogP contribution >= 0.6 is 0 Å². The third-order valence-corrected chi connectivity index (χ3v) is 5.35. The van der Waals surface area contributed by atoms with Crippen molar-refractivity contribution in [3.05, 3.63) is 41.4 Å². The van der Waals surface area contributed by atoms with E-state index in [0.717, 1.165) is 13.0 Å². The number of aryl methyl sites for hydroxylation is 2. The second-order valence-electron chi connectivity index (χ2n) is 7.01. The van der Waals surface area contributed by atoms with E-state index in [1.165, 1.54) is 0 Å². The molecule has 2 aliphatic heterocycles. The van der Waals surface area contributed by atoms with Crippen LogP contribution in [0.1, 0.15) is 28.2 Å². The van der Waals surface area contributed by atoms with Gasteiger partial charge in [-0.3, -0.25) is 4.79 Å². The zero-order valence-electron chi connectivity index (χ0n) is 15.1. The lowest BCUT2D eigenvalue weighted by Gasteiger charge is -2.20. The highest BCUT2D eigenvalue weighted by Gasteiger charge is 2.45. The molecule has 0 spiro atoms. The molecule has 4 rings (SSSR count). The van der Waals surface area contributed by atoms with Crippen molar-refractivity contribution in [1.82, 2.24) is 15.0 Å². The Hall–Kier alpha value is -2.41. The molecule has 3 atom stereocenters. The highest BCUT2D eigenvalue weighted by Crippen LogP contribution is 2.36. The fourth-order valence-electron chi connectivity index (χ4n) is 3.96. The molecule has 2 fully saturated rings. The van der Waals surface area contributed by atoms with Crippen LogP contribution < -0.4 is 4.74 Å². The highest BCUT2D eigenvalue weighted by atomic mass is 16.5. The number of carbonyl (C=O) groups is 1. The number of fused-ring (bicyclic) bond motifs is 1. The third kappa shape index (κ3) is 3.19. The average Bonchev–Trinajstić information content (AvgIpc) is 3.31. The van der Waals surface area contributed by atoms with Crippen LogP contribution in [0.4, 0.5) is 0 Å². The molecule has 0 radical (unpaired) electrons. The molecule has 0 aliphatic carbocycles. The number of carbonyl (C=O) groups excluding carboxylic acids is 1. The number of aromatic nitrogens is 2. The Morgan fingerprint density at radius 3 is 2.96 bits per heavy atom. The van der Waals surface area contributed by atoms with Gasteiger partial charge in [0.15, 0.2) is 0 Å². The van der Waals surface area contributed by atoms with Gasteiger partial charge in [-0.15, -0.1) is 0 Å². The van der Waals surface area contributed by atoms with Gasteiger partial charge in [-0.1, -0.05) is 11.2 Å². The summed E-state index contributed by atoms with van der Waals surface area (Å²) in [6.07, 6.45) is 2.73. The van der Waals surface area contributed by atoms with Crippen LogP contribution in [-0.4, -0.2) is 53.4 Å². The molecule has 2 saturated heterocycles. The predicted molar refractivity (Wildman–Crippen MR) is 92.9 cm³/mol. The van der Waals surface area contributed by atoms with E-state index >= 15 is 0 Å². The van der Waals surface area contributed by atoms with Gasteiger partial charge in [0.2, 0.25) is 5.88 Å². The molecule has 0 saturated carbocycles. The molecule has 0 aromatic carbocycles. The Labute approximate surface area is 152 Å². The van der Waals surface area contributed by atoms with Gasteiger partial charge < -0.3 is 18.9 Å². The van der Waals surface area contributed by atoms with Crippen molar-refractivity contribution in [3.63, 3.8) is 0 Å². The van der Waals surface area contributed by atoms with Crippen molar-refractivity contribution in [2.24, 2.45) is 11.8 Å². The van der Waals surface area contributed by atoms with Gasteiger partial charge in [0.25, 0.3) is 5.91 Å². The van der Waals surface area contributed by atoms with Crippen LogP contribution in [-0.2, 0) is 4.74 Å². The first kappa shape index (κ1) is 17.0. The molecule has 7 heteroatoms. The lowest BCUT2D eigenvalue weighted by Crippen LogP contribution is -2.32. The summed E-state index contributed by atoms with van der Waals surface area (Å²) in [4.78, 5) is 18.9. The maximum atomic E-state index is 12.8. The van der Waals surface area contributed by atoms with Crippen molar-refractivity contribution in [3.8, 4) is 5.88 Å². The molecule has 0 N–H and O–H groups in total. The molecular formula is C19H23N3O4. The summed E-state index contributed by atoms with van der Waals surface area (Å²) in [6.45, 7) is 6.25. The number of hydrogen-bond donors (Lipinski definition) is 0. The molecule has 2 aromatic heterocycles. The number of rotatable bonds is 5. The number of ether oxygens (including phenoxy) is 2. The fraction of sp³-hybridized carbons (Fsp3) is 0.526. The minimum atomic E-state index is -0.0114. The van der Waals surface area contributed by atoms with E-state index in [0.29, 0.717) is 54.4 Å². The van der Waals surface area contributed by atoms with Gasteiger partial charge in [-0.25, -0.2) is 4.98 Å². The van der Waals surface area contributed by atoms with Gasteiger partial charge in [0.1, 0.15) is 11.3 Å². The van der Waals surface area contributed by atoms with Gasteiger partial charge >= 0.3 is 0 Å². The first-order chi connectivity index (χ1) is 12.6. The molecule has 0 bridgehead atoms. The van der Waals surface area contributed by atoms with E-state index in [4.69, 9.17) is 14.0 Å². The Kier molecular flexibility index (Phi) is 4.63. The van der Waals surface area contributed by atoms with Crippen molar-refractivity contribution < 1.29 is 18.8 Å². The first-order valence-corrected chi connectivity index (χ1v) is 9.01. The minimum absolute atomic E-state index is 0.0114. The molecule has 2 aromatic rings. The van der Waals surface area contributed by atoms with Gasteiger partial charge in [-0.05, 0) is 32.3 Å². The second-order valence-corrected chi connectivity index (χ2v) is 7.01. The molecule has 26 heavy (non-hydrogen) atoms. The quantitative estimate of drug-likeness (QED) is 0.817. The highest BCUT2D eigenvalue weighted by molar-refractivity contribution is 5.96. The number of pyridine rings is 1. The number of amides is 1. The monoisotopic (exact) mass is 357 g/mol. The van der Waals surface area contributed by atoms with Crippen LogP contribution in [0.15, 0.2) is 28.9 Å². The summed E-state index contributed by atoms with van der Waals surface area (Å²) < 4.78 is 16.8. The molecule has 1 amide bonds. The third-order valence-electron chi connectivity index (χ3n) is 5.35. The zero-order valence-corrected chi connectivity index (χ0v) is 15.1. The summed E-state index contributed by atoms with van der Waals surface area (Å²) in [7, 11) is 0. The van der Waals surface area contributed by atoms with Crippen LogP contribution in [0, 0.1) is 25.7 Å². The Morgan fingerprint density at radius 2 is 2.23 bits per heavy atom. The summed E-state index contributed by atoms with van der Waals surface area (Å²) in [5.74, 6) is 1.95. The van der Waals surface area contributed by atoms with Gasteiger partial charge in [0, 0.05) is 31.3 Å². The van der Waals surface area contributed by atoms with Crippen LogP contribution in [0.25, 0.3) is 0 Å². The maximum absolute atomic E-state index is 12.8. The van der Waals surface area contributed by atoms with Crippen molar-refractivity contribution >= 4 is 5.91 Å². The summed E-state index contributed by atoms with van der Waals surface area (Å²) in [5.41, 5.74) is 1.23. The van der Waals surface area contributed by atoms with Gasteiger partial charge in [0.05, 0.1) is 25.0 Å². The van der Waals surface area contributed by atoms with E-state index < -0.39 is 0 Å². The zero-order chi connectivity index (χ0) is 18.1. The van der Waals surface area contributed by atoms with Crippen LogP contribution in [0.2, 0.25) is 0 Å². The van der Waals surface area contributed by atoms with E-state index in [1.54, 1.807) is 20.0 Å². The van der Waals surface area contributed by atoms with Crippen LogP contribution in [0.5, 0.6) is 5.88 Å². The van der Waals surface area contributed by atoms with Crippen molar-refractivity contribution in [2.45, 2.75) is 26.4 Å². The van der Waals surface area contributed by atoms with E-state index in [1.807, 2.05) is 23.1 Å². The number of likely N-dealkylation sites (tertiary alicyclic amines) is 1. The Balaban J connectivity index is 1.34. The minimum Gasteiger partial charge on any atom is -0.478 e. The van der Waals surface area contributed by atoms with Crippen LogP contribution in [0.3, 0.4) is 0 Å². The average molecular weight is 357 g/mol. The van der Waals surface area contributed by atoms with Crippen molar-refractivity contribution in [1.29, 1.82) is 0 Å². The van der Waals surface area contributed by atoms with Crippen molar-refractivity contribution in [2.75, 3.05) is 26.3 Å². The van der Waals surface area contributed by atoms with E-state index in [-0.39, 0.29) is 12.0 Å². The second kappa shape index (κ2) is 7.07. The SMILES string of the molecule is Cc1noc(C)c1C(=O)N1C[C@H]2[C@@H](CCOc3ccccn3)CO[C@H]2C1. The summed E-state index contributed by atoms with van der Waals surface area (Å²) in [6, 6.07) is 5.63. The largest absolute Gasteiger partial charge is 0.478 e. The van der Waals surface area contributed by atoms with Gasteiger partial charge in [-0.2, -0.15) is 0 Å². The topological polar surface area (TPSA) is 77.7 Å². The predicted octanol–water partition coefficient (Wildman–Crippen LogP) is 2.24. The maximum Gasteiger partial charge on any atom is 0.259 e. The fourth-order valence-corrected chi connectivity index (χ4v) is 3.96. The summed E-state index contributed by atoms with van der Waals surface area (Å²) in [5, 5.41) is 3.89. The molecule has 4 heterocycles.